The summed E-state index contributed by atoms with van der Waals surface area (Å²) in [5.74, 6) is -0.191. The molecular weight excluding hydrogens is 210 g/mol. The van der Waals surface area contributed by atoms with Crippen molar-refractivity contribution in [2.75, 3.05) is 6.61 Å². The minimum atomic E-state index is -1.09. The lowest BCUT2D eigenvalue weighted by atomic mass is 10.3. The number of nitrogens with two attached hydrogens (primary N) is 1. The number of hydrogen-bond donors (Lipinski definition) is 2. The molecular formula is C10H13N3O3. The molecule has 2 rings (SSSR count). The van der Waals surface area contributed by atoms with Gasteiger partial charge in [-0.05, 0) is 12.8 Å². The van der Waals surface area contributed by atoms with Gasteiger partial charge in [0.25, 0.3) is 0 Å². The number of aliphatic carboxylic acids is 1. The number of carbonyl (C=O) groups is 1. The normalized spacial score (nSPS) is 16.8. The molecule has 1 unspecified atom stereocenters. The van der Waals surface area contributed by atoms with E-state index >= 15 is 0 Å². The summed E-state index contributed by atoms with van der Waals surface area (Å²) in [5.41, 5.74) is 6.26. The van der Waals surface area contributed by atoms with Crippen molar-refractivity contribution in [3.63, 3.8) is 0 Å². The van der Waals surface area contributed by atoms with Crippen LogP contribution in [0.5, 0.6) is 5.88 Å². The number of carboxylic acid groups (broad SMARTS) is 1. The highest BCUT2D eigenvalue weighted by Crippen LogP contribution is 2.39. The van der Waals surface area contributed by atoms with Gasteiger partial charge in [-0.3, -0.25) is 4.79 Å². The molecule has 0 amide bonds. The van der Waals surface area contributed by atoms with Gasteiger partial charge in [0, 0.05) is 12.0 Å². The van der Waals surface area contributed by atoms with Gasteiger partial charge < -0.3 is 15.6 Å². The van der Waals surface area contributed by atoms with Crippen LogP contribution in [0.25, 0.3) is 0 Å². The van der Waals surface area contributed by atoms with E-state index in [2.05, 4.69) is 9.97 Å². The predicted octanol–water partition coefficient (Wildman–Crippen LogP) is 0.145. The van der Waals surface area contributed by atoms with Crippen molar-refractivity contribution in [3.05, 3.63) is 18.1 Å². The highest BCUT2D eigenvalue weighted by Gasteiger charge is 2.25. The van der Waals surface area contributed by atoms with Crippen molar-refractivity contribution >= 4 is 5.97 Å². The van der Waals surface area contributed by atoms with E-state index in [4.69, 9.17) is 15.6 Å². The van der Waals surface area contributed by atoms with Crippen molar-refractivity contribution in [2.45, 2.75) is 24.8 Å². The average Bonchev–Trinajstić information content (AvgIpc) is 3.10. The van der Waals surface area contributed by atoms with E-state index in [1.807, 2.05) is 0 Å². The van der Waals surface area contributed by atoms with E-state index in [1.165, 1.54) is 6.33 Å². The third kappa shape index (κ3) is 2.66. The summed E-state index contributed by atoms with van der Waals surface area (Å²) in [6, 6.07) is 0.714. The first-order valence-electron chi connectivity index (χ1n) is 5.10. The monoisotopic (exact) mass is 223 g/mol. The molecule has 1 aromatic heterocycles. The van der Waals surface area contributed by atoms with Crippen LogP contribution in [0.15, 0.2) is 12.4 Å². The molecule has 1 aliphatic carbocycles. The fraction of sp³-hybridized carbons (Fsp3) is 0.500. The van der Waals surface area contributed by atoms with E-state index in [-0.39, 0.29) is 6.61 Å². The molecule has 0 spiro atoms. The van der Waals surface area contributed by atoms with E-state index < -0.39 is 12.0 Å². The van der Waals surface area contributed by atoms with E-state index in [0.29, 0.717) is 11.8 Å². The average molecular weight is 223 g/mol. The molecule has 1 aromatic rings. The number of carboxylic acids is 1. The van der Waals surface area contributed by atoms with E-state index in [1.54, 1.807) is 6.07 Å². The smallest absolute Gasteiger partial charge is 0.324 e. The Hall–Kier alpha value is -1.69. The van der Waals surface area contributed by atoms with Gasteiger partial charge in [-0.1, -0.05) is 0 Å². The molecule has 6 heteroatoms. The molecule has 0 radical (unpaired) electrons. The highest BCUT2D eigenvalue weighted by atomic mass is 16.5. The van der Waals surface area contributed by atoms with Gasteiger partial charge in [0.2, 0.25) is 5.88 Å². The SMILES string of the molecule is NC(COc1cc(C2CC2)ncn1)C(=O)O. The Morgan fingerprint density at radius 2 is 2.38 bits per heavy atom. The maximum atomic E-state index is 10.5. The van der Waals surface area contributed by atoms with Crippen molar-refractivity contribution < 1.29 is 14.6 Å². The fourth-order valence-corrected chi connectivity index (χ4v) is 1.28. The highest BCUT2D eigenvalue weighted by molar-refractivity contribution is 5.73. The Balaban J connectivity index is 1.93. The number of nitrogens with zero attached hydrogens (tertiary/aromatic N) is 2. The molecule has 1 fully saturated rings. The van der Waals surface area contributed by atoms with Crippen LogP contribution >= 0.6 is 0 Å². The third-order valence-corrected chi connectivity index (χ3v) is 2.39. The summed E-state index contributed by atoms with van der Waals surface area (Å²) in [7, 11) is 0. The number of hydrogen-bond acceptors (Lipinski definition) is 5. The second kappa shape index (κ2) is 4.44. The van der Waals surface area contributed by atoms with Gasteiger partial charge in [-0.15, -0.1) is 0 Å². The van der Waals surface area contributed by atoms with Gasteiger partial charge in [0.05, 0.1) is 5.69 Å². The third-order valence-electron chi connectivity index (χ3n) is 2.39. The van der Waals surface area contributed by atoms with Crippen LogP contribution in [0.2, 0.25) is 0 Å². The molecule has 1 atom stereocenters. The largest absolute Gasteiger partial charge is 0.480 e. The zero-order valence-corrected chi connectivity index (χ0v) is 8.67. The van der Waals surface area contributed by atoms with Crippen LogP contribution in [0, 0.1) is 0 Å². The number of ether oxygens (including phenoxy) is 1. The Bertz CT molecular complexity index is 393. The Kier molecular flexibility index (Phi) is 3.00. The minimum absolute atomic E-state index is 0.0869. The van der Waals surface area contributed by atoms with Crippen LogP contribution in [0.4, 0.5) is 0 Å². The maximum absolute atomic E-state index is 10.5. The topological polar surface area (TPSA) is 98.3 Å². The first-order valence-corrected chi connectivity index (χ1v) is 5.10. The standard InChI is InChI=1S/C10H13N3O3/c11-7(10(14)15)4-16-9-3-8(6-1-2-6)12-5-13-9/h3,5-7H,1-2,4,11H2,(H,14,15). The second-order valence-electron chi connectivity index (χ2n) is 3.81. The van der Waals surface area contributed by atoms with Crippen LogP contribution < -0.4 is 10.5 Å². The molecule has 0 saturated heterocycles. The lowest BCUT2D eigenvalue weighted by Crippen LogP contribution is -2.36. The summed E-state index contributed by atoms with van der Waals surface area (Å²) in [6.07, 6.45) is 3.71. The van der Waals surface area contributed by atoms with Gasteiger partial charge in [-0.25, -0.2) is 9.97 Å². The second-order valence-corrected chi connectivity index (χ2v) is 3.81. The Morgan fingerprint density at radius 3 is 3.00 bits per heavy atom. The maximum Gasteiger partial charge on any atom is 0.324 e. The van der Waals surface area contributed by atoms with Gasteiger partial charge in [0.1, 0.15) is 19.0 Å². The molecule has 1 aliphatic rings. The molecule has 86 valence electrons. The molecule has 0 aliphatic heterocycles. The van der Waals surface area contributed by atoms with Crippen LogP contribution in [-0.4, -0.2) is 33.7 Å². The summed E-state index contributed by atoms with van der Waals surface area (Å²) in [6.45, 7) is -0.0869. The molecule has 0 aromatic carbocycles. The van der Waals surface area contributed by atoms with Crippen molar-refractivity contribution in [1.82, 2.24) is 9.97 Å². The van der Waals surface area contributed by atoms with Crippen LogP contribution in [-0.2, 0) is 4.79 Å². The zero-order chi connectivity index (χ0) is 11.5. The van der Waals surface area contributed by atoms with E-state index in [0.717, 1.165) is 18.5 Å². The Morgan fingerprint density at radius 1 is 1.62 bits per heavy atom. The van der Waals surface area contributed by atoms with Crippen LogP contribution in [0.3, 0.4) is 0 Å². The minimum Gasteiger partial charge on any atom is -0.480 e. The van der Waals surface area contributed by atoms with Gasteiger partial charge >= 0.3 is 5.97 Å². The van der Waals surface area contributed by atoms with Crippen molar-refractivity contribution in [2.24, 2.45) is 5.73 Å². The lowest BCUT2D eigenvalue weighted by molar-refractivity contribution is -0.139. The summed E-state index contributed by atoms with van der Waals surface area (Å²) < 4.78 is 5.19. The number of rotatable bonds is 5. The number of aromatic nitrogens is 2. The van der Waals surface area contributed by atoms with Gasteiger partial charge in [0.15, 0.2) is 0 Å². The molecule has 16 heavy (non-hydrogen) atoms. The first-order chi connectivity index (χ1) is 7.66. The van der Waals surface area contributed by atoms with E-state index in [9.17, 15) is 4.79 Å². The molecule has 3 N–H and O–H groups in total. The van der Waals surface area contributed by atoms with Gasteiger partial charge in [-0.2, -0.15) is 0 Å². The lowest BCUT2D eigenvalue weighted by Gasteiger charge is -2.08. The molecule has 1 saturated carbocycles. The molecule has 0 bridgehead atoms. The summed E-state index contributed by atoms with van der Waals surface area (Å²) >= 11 is 0. The quantitative estimate of drug-likeness (QED) is 0.737. The zero-order valence-electron chi connectivity index (χ0n) is 8.67. The van der Waals surface area contributed by atoms with Crippen LogP contribution in [0.1, 0.15) is 24.5 Å². The van der Waals surface area contributed by atoms with Crippen molar-refractivity contribution in [3.8, 4) is 5.88 Å². The molecule has 6 nitrogen and oxygen atoms in total. The first kappa shape index (κ1) is 10.8. The summed E-state index contributed by atoms with van der Waals surface area (Å²) in [4.78, 5) is 18.5. The Labute approximate surface area is 92.5 Å². The molecule has 1 heterocycles. The summed E-state index contributed by atoms with van der Waals surface area (Å²) in [5, 5.41) is 8.58. The predicted molar refractivity (Wildman–Crippen MR) is 55.1 cm³/mol. The van der Waals surface area contributed by atoms with Crippen molar-refractivity contribution in [1.29, 1.82) is 0 Å². The fourth-order valence-electron chi connectivity index (χ4n) is 1.28.